The molecule has 0 aliphatic carbocycles. The normalized spacial score (nSPS) is 26.1. The molecule has 2 nitrogen and oxygen atoms in total. The fourth-order valence-corrected chi connectivity index (χ4v) is 4.09. The Bertz CT molecular complexity index is 488. The SMILES string of the molecule is CCCN1CCC2CN(c3ccc(CC)cc3F)CCC21. The lowest BCUT2D eigenvalue weighted by Crippen LogP contribution is -2.46. The minimum Gasteiger partial charge on any atom is -0.369 e. The van der Waals surface area contributed by atoms with Gasteiger partial charge < -0.3 is 4.90 Å². The van der Waals surface area contributed by atoms with Gasteiger partial charge in [-0.1, -0.05) is 19.9 Å². The molecule has 2 saturated heterocycles. The van der Waals surface area contributed by atoms with E-state index in [2.05, 4.69) is 29.7 Å². The third-order valence-corrected chi connectivity index (χ3v) is 5.22. The number of rotatable bonds is 4. The smallest absolute Gasteiger partial charge is 0.146 e. The number of hydrogen-bond donors (Lipinski definition) is 0. The molecule has 2 fully saturated rings. The van der Waals surface area contributed by atoms with E-state index in [1.165, 1.54) is 32.4 Å². The van der Waals surface area contributed by atoms with Crippen LogP contribution in [-0.2, 0) is 6.42 Å². The molecule has 0 N–H and O–H groups in total. The predicted octanol–water partition coefficient (Wildman–Crippen LogP) is 3.70. The van der Waals surface area contributed by atoms with Crippen molar-refractivity contribution in [3.8, 4) is 0 Å². The lowest BCUT2D eigenvalue weighted by molar-refractivity contribution is 0.201. The number of benzene rings is 1. The highest BCUT2D eigenvalue weighted by Crippen LogP contribution is 2.34. The lowest BCUT2D eigenvalue weighted by Gasteiger charge is -2.39. The van der Waals surface area contributed by atoms with Gasteiger partial charge in [-0.25, -0.2) is 4.39 Å². The quantitative estimate of drug-likeness (QED) is 0.834. The van der Waals surface area contributed by atoms with Crippen LogP contribution in [0, 0.1) is 11.7 Å². The summed E-state index contributed by atoms with van der Waals surface area (Å²) < 4.78 is 14.3. The van der Waals surface area contributed by atoms with Crippen LogP contribution in [0.1, 0.15) is 38.7 Å². The van der Waals surface area contributed by atoms with Crippen molar-refractivity contribution < 1.29 is 4.39 Å². The molecule has 0 radical (unpaired) electrons. The molecule has 0 spiro atoms. The fraction of sp³-hybridized carbons (Fsp3) is 0.667. The van der Waals surface area contributed by atoms with E-state index in [1.54, 1.807) is 6.07 Å². The summed E-state index contributed by atoms with van der Waals surface area (Å²) in [6, 6.07) is 6.49. The van der Waals surface area contributed by atoms with Crippen molar-refractivity contribution in [2.75, 3.05) is 31.1 Å². The van der Waals surface area contributed by atoms with E-state index in [1.807, 2.05) is 6.07 Å². The number of nitrogens with zero attached hydrogens (tertiary/aromatic N) is 2. The summed E-state index contributed by atoms with van der Waals surface area (Å²) >= 11 is 0. The molecule has 1 aromatic rings. The first-order valence-corrected chi connectivity index (χ1v) is 8.50. The van der Waals surface area contributed by atoms with Crippen molar-refractivity contribution in [1.29, 1.82) is 0 Å². The molecule has 2 unspecified atom stereocenters. The van der Waals surface area contributed by atoms with Crippen LogP contribution in [0.3, 0.4) is 0 Å². The Hall–Kier alpha value is -1.09. The minimum atomic E-state index is -0.0452. The highest BCUT2D eigenvalue weighted by Gasteiger charge is 2.38. The summed E-state index contributed by atoms with van der Waals surface area (Å²) in [5.74, 6) is 0.673. The molecule has 1 aromatic carbocycles. The van der Waals surface area contributed by atoms with Gasteiger partial charge in [-0.15, -0.1) is 0 Å². The molecule has 0 bridgehead atoms. The van der Waals surface area contributed by atoms with Gasteiger partial charge in [-0.2, -0.15) is 0 Å². The van der Waals surface area contributed by atoms with Crippen LogP contribution in [0.15, 0.2) is 18.2 Å². The number of anilines is 1. The Morgan fingerprint density at radius 1 is 1.19 bits per heavy atom. The van der Waals surface area contributed by atoms with Gasteiger partial charge in [-0.05, 0) is 62.4 Å². The average molecular weight is 290 g/mol. The zero-order chi connectivity index (χ0) is 14.8. The highest BCUT2D eigenvalue weighted by atomic mass is 19.1. The van der Waals surface area contributed by atoms with Crippen molar-refractivity contribution in [3.63, 3.8) is 0 Å². The predicted molar refractivity (Wildman–Crippen MR) is 86.4 cm³/mol. The molecule has 21 heavy (non-hydrogen) atoms. The monoisotopic (exact) mass is 290 g/mol. The first-order valence-electron chi connectivity index (χ1n) is 8.50. The minimum absolute atomic E-state index is 0.0452. The zero-order valence-electron chi connectivity index (χ0n) is 13.3. The molecule has 3 heteroatoms. The first kappa shape index (κ1) is 14.8. The Labute approximate surface area is 127 Å². The van der Waals surface area contributed by atoms with Crippen LogP contribution < -0.4 is 4.90 Å². The van der Waals surface area contributed by atoms with E-state index in [9.17, 15) is 4.39 Å². The van der Waals surface area contributed by atoms with Crippen LogP contribution in [0.2, 0.25) is 0 Å². The van der Waals surface area contributed by atoms with E-state index in [0.717, 1.165) is 42.7 Å². The topological polar surface area (TPSA) is 6.48 Å². The molecule has 116 valence electrons. The summed E-state index contributed by atoms with van der Waals surface area (Å²) in [4.78, 5) is 4.92. The second-order valence-electron chi connectivity index (χ2n) is 6.53. The van der Waals surface area contributed by atoms with Crippen LogP contribution in [0.4, 0.5) is 10.1 Å². The van der Waals surface area contributed by atoms with Crippen molar-refractivity contribution >= 4 is 5.69 Å². The highest BCUT2D eigenvalue weighted by molar-refractivity contribution is 5.50. The van der Waals surface area contributed by atoms with E-state index < -0.39 is 0 Å². The fourth-order valence-electron chi connectivity index (χ4n) is 4.09. The molecular formula is C18H27FN2. The number of halogens is 1. The van der Waals surface area contributed by atoms with E-state index in [-0.39, 0.29) is 5.82 Å². The Morgan fingerprint density at radius 3 is 2.76 bits per heavy atom. The third-order valence-electron chi connectivity index (χ3n) is 5.22. The van der Waals surface area contributed by atoms with Crippen LogP contribution in [-0.4, -0.2) is 37.1 Å². The van der Waals surface area contributed by atoms with Crippen molar-refractivity contribution in [2.24, 2.45) is 5.92 Å². The van der Waals surface area contributed by atoms with E-state index in [0.29, 0.717) is 0 Å². The molecule has 2 aliphatic heterocycles. The molecule has 0 amide bonds. The zero-order valence-corrected chi connectivity index (χ0v) is 13.3. The van der Waals surface area contributed by atoms with Crippen molar-refractivity contribution in [3.05, 3.63) is 29.6 Å². The lowest BCUT2D eigenvalue weighted by atomic mass is 9.92. The third kappa shape index (κ3) is 2.94. The van der Waals surface area contributed by atoms with Crippen LogP contribution in [0.5, 0.6) is 0 Å². The summed E-state index contributed by atoms with van der Waals surface area (Å²) in [6.07, 6.45) is 4.59. The van der Waals surface area contributed by atoms with Gasteiger partial charge in [0.2, 0.25) is 0 Å². The summed E-state index contributed by atoms with van der Waals surface area (Å²) in [6.45, 7) is 8.79. The van der Waals surface area contributed by atoms with E-state index >= 15 is 0 Å². The van der Waals surface area contributed by atoms with Gasteiger partial charge in [-0.3, -0.25) is 4.90 Å². The summed E-state index contributed by atoms with van der Waals surface area (Å²) in [5.41, 5.74) is 1.89. The van der Waals surface area contributed by atoms with Crippen molar-refractivity contribution in [1.82, 2.24) is 4.90 Å². The van der Waals surface area contributed by atoms with Crippen LogP contribution in [0.25, 0.3) is 0 Å². The van der Waals surface area contributed by atoms with Crippen LogP contribution >= 0.6 is 0 Å². The maximum atomic E-state index is 14.3. The van der Waals surface area contributed by atoms with Crippen molar-refractivity contribution in [2.45, 2.75) is 45.6 Å². The molecule has 0 saturated carbocycles. The number of hydrogen-bond acceptors (Lipinski definition) is 2. The second-order valence-corrected chi connectivity index (χ2v) is 6.53. The molecule has 0 aromatic heterocycles. The second kappa shape index (κ2) is 6.35. The van der Waals surface area contributed by atoms with Gasteiger partial charge in [0.05, 0.1) is 5.69 Å². The summed E-state index contributed by atoms with van der Waals surface area (Å²) in [7, 11) is 0. The molecule has 2 heterocycles. The number of fused-ring (bicyclic) bond motifs is 1. The molecular weight excluding hydrogens is 263 g/mol. The average Bonchev–Trinajstić information content (AvgIpc) is 2.90. The van der Waals surface area contributed by atoms with Gasteiger partial charge in [0.25, 0.3) is 0 Å². The van der Waals surface area contributed by atoms with Gasteiger partial charge >= 0.3 is 0 Å². The maximum absolute atomic E-state index is 14.3. The largest absolute Gasteiger partial charge is 0.369 e. The summed E-state index contributed by atoms with van der Waals surface area (Å²) in [5, 5.41) is 0. The van der Waals surface area contributed by atoms with Gasteiger partial charge in [0, 0.05) is 19.1 Å². The van der Waals surface area contributed by atoms with Gasteiger partial charge in [0.1, 0.15) is 5.82 Å². The Balaban J connectivity index is 1.70. The number of likely N-dealkylation sites (tertiary alicyclic amines) is 1. The maximum Gasteiger partial charge on any atom is 0.146 e. The molecule has 2 aliphatic rings. The molecule has 3 rings (SSSR count). The van der Waals surface area contributed by atoms with E-state index in [4.69, 9.17) is 0 Å². The molecule has 2 atom stereocenters. The number of aryl methyl sites for hydroxylation is 1. The Morgan fingerprint density at radius 2 is 2.05 bits per heavy atom. The number of piperidine rings is 1. The first-order chi connectivity index (χ1) is 10.2. The Kier molecular flexibility index (Phi) is 4.48. The van der Waals surface area contributed by atoms with Gasteiger partial charge in [0.15, 0.2) is 0 Å². The standard InChI is InChI=1S/C18H27FN2/c1-3-9-20-10-7-15-13-21(11-8-17(15)20)18-6-5-14(4-2)12-16(18)19/h5-6,12,15,17H,3-4,7-11,13H2,1-2H3.